The first-order valence-corrected chi connectivity index (χ1v) is 6.15. The Bertz CT molecular complexity index is 323. The van der Waals surface area contributed by atoms with E-state index in [1.54, 1.807) is 18.3 Å². The van der Waals surface area contributed by atoms with Gasteiger partial charge in [0.15, 0.2) is 0 Å². The zero-order valence-corrected chi connectivity index (χ0v) is 9.72. The molecule has 0 bridgehead atoms. The molecule has 1 fully saturated rings. The molecule has 1 aromatic heterocycles. The van der Waals surface area contributed by atoms with Gasteiger partial charge in [-0.1, -0.05) is 6.07 Å². The van der Waals surface area contributed by atoms with Crippen molar-refractivity contribution in [2.45, 2.75) is 25.9 Å². The summed E-state index contributed by atoms with van der Waals surface area (Å²) in [6.45, 7) is 4.33. The van der Waals surface area contributed by atoms with Gasteiger partial charge in [-0.15, -0.1) is 11.3 Å². The van der Waals surface area contributed by atoms with E-state index in [-0.39, 0.29) is 5.91 Å². The van der Waals surface area contributed by atoms with Crippen LogP contribution < -0.4 is 5.32 Å². The summed E-state index contributed by atoms with van der Waals surface area (Å²) in [5.41, 5.74) is 0. The Hall–Kier alpha value is -0.870. The third-order valence-corrected chi connectivity index (χ3v) is 3.66. The average Bonchev–Trinajstić information content (AvgIpc) is 2.86. The number of hydrogen-bond donors (Lipinski definition) is 1. The summed E-state index contributed by atoms with van der Waals surface area (Å²) in [6, 6.07) is 4.67. The highest BCUT2D eigenvalue weighted by molar-refractivity contribution is 7.09. The van der Waals surface area contributed by atoms with E-state index in [2.05, 4.69) is 22.8 Å². The van der Waals surface area contributed by atoms with Gasteiger partial charge in [-0.25, -0.2) is 0 Å². The molecule has 1 aliphatic rings. The molecule has 0 radical (unpaired) electrons. The first-order chi connectivity index (χ1) is 7.25. The molecular formula is C11H16N2OS. The molecule has 0 aliphatic carbocycles. The highest BCUT2D eigenvalue weighted by Crippen LogP contribution is 2.12. The molecule has 2 heterocycles. The summed E-state index contributed by atoms with van der Waals surface area (Å²) in [5, 5.41) is 5.58. The van der Waals surface area contributed by atoms with Gasteiger partial charge < -0.3 is 10.2 Å². The van der Waals surface area contributed by atoms with E-state index in [1.807, 2.05) is 4.90 Å². The maximum atomic E-state index is 11.1. The number of amides is 1. The topological polar surface area (TPSA) is 32.3 Å². The molecule has 1 amide bonds. The van der Waals surface area contributed by atoms with E-state index in [4.69, 9.17) is 0 Å². The number of carbonyl (C=O) groups excluding carboxylic acids is 1. The van der Waals surface area contributed by atoms with Crippen molar-refractivity contribution in [2.75, 3.05) is 13.1 Å². The molecular weight excluding hydrogens is 208 g/mol. The Balaban J connectivity index is 1.75. The molecule has 1 saturated heterocycles. The highest BCUT2D eigenvalue weighted by atomic mass is 32.1. The molecule has 1 aromatic rings. The fourth-order valence-electron chi connectivity index (χ4n) is 1.87. The van der Waals surface area contributed by atoms with Gasteiger partial charge in [0.1, 0.15) is 0 Å². The minimum absolute atomic E-state index is 0.190. The molecule has 0 spiro atoms. The lowest BCUT2D eigenvalue weighted by molar-refractivity contribution is -0.127. The van der Waals surface area contributed by atoms with Gasteiger partial charge >= 0.3 is 0 Å². The number of likely N-dealkylation sites (tertiary alicyclic amines) is 1. The maximum absolute atomic E-state index is 11.1. The van der Waals surface area contributed by atoms with Crippen molar-refractivity contribution in [2.24, 2.45) is 0 Å². The highest BCUT2D eigenvalue weighted by Gasteiger charge is 2.23. The van der Waals surface area contributed by atoms with Crippen molar-refractivity contribution in [3.05, 3.63) is 22.4 Å². The Morgan fingerprint density at radius 3 is 3.20 bits per heavy atom. The van der Waals surface area contributed by atoms with Gasteiger partial charge in [0.25, 0.3) is 0 Å². The van der Waals surface area contributed by atoms with Gasteiger partial charge in [-0.05, 0) is 17.9 Å². The predicted molar refractivity (Wildman–Crippen MR) is 61.8 cm³/mol. The minimum atomic E-state index is 0.190. The van der Waals surface area contributed by atoms with Gasteiger partial charge in [0, 0.05) is 37.5 Å². The molecule has 3 nitrogen and oxygen atoms in total. The van der Waals surface area contributed by atoms with Crippen LogP contribution >= 0.6 is 11.3 Å². The lowest BCUT2D eigenvalue weighted by Gasteiger charge is -2.14. The molecule has 2 rings (SSSR count). The maximum Gasteiger partial charge on any atom is 0.219 e. The second kappa shape index (κ2) is 4.77. The fraction of sp³-hybridized carbons (Fsp3) is 0.545. The smallest absolute Gasteiger partial charge is 0.219 e. The molecule has 0 saturated carbocycles. The van der Waals surface area contributed by atoms with E-state index in [1.165, 1.54) is 4.88 Å². The summed E-state index contributed by atoms with van der Waals surface area (Å²) in [5.74, 6) is 0.190. The van der Waals surface area contributed by atoms with E-state index >= 15 is 0 Å². The fourth-order valence-corrected chi connectivity index (χ4v) is 2.53. The SMILES string of the molecule is CC(=O)N1CC[C@H](NCc2cccs2)C1. The van der Waals surface area contributed by atoms with Crippen LogP contribution in [0.4, 0.5) is 0 Å². The molecule has 4 heteroatoms. The Morgan fingerprint density at radius 2 is 2.60 bits per heavy atom. The van der Waals surface area contributed by atoms with Crippen LogP contribution in [0.5, 0.6) is 0 Å². The summed E-state index contributed by atoms with van der Waals surface area (Å²) in [6.07, 6.45) is 1.07. The van der Waals surface area contributed by atoms with Crippen LogP contribution in [0.2, 0.25) is 0 Å². The predicted octanol–water partition coefficient (Wildman–Crippen LogP) is 1.46. The van der Waals surface area contributed by atoms with E-state index in [9.17, 15) is 4.79 Å². The normalized spacial score (nSPS) is 20.9. The lowest BCUT2D eigenvalue weighted by Crippen LogP contribution is -2.33. The standard InChI is InChI=1S/C11H16N2OS/c1-9(14)13-5-4-10(8-13)12-7-11-3-2-6-15-11/h2-3,6,10,12H,4-5,7-8H2,1H3/t10-/m0/s1. The molecule has 0 aromatic carbocycles. The third kappa shape index (κ3) is 2.79. The number of nitrogens with zero attached hydrogens (tertiary/aromatic N) is 1. The van der Waals surface area contributed by atoms with Crippen molar-refractivity contribution < 1.29 is 4.79 Å². The first kappa shape index (κ1) is 10.6. The Kier molecular flexibility index (Phi) is 3.38. The van der Waals surface area contributed by atoms with Gasteiger partial charge in [0.05, 0.1) is 0 Å². The second-order valence-corrected chi connectivity index (χ2v) is 4.94. The average molecular weight is 224 g/mol. The number of hydrogen-bond acceptors (Lipinski definition) is 3. The van der Waals surface area contributed by atoms with Crippen LogP contribution in [-0.2, 0) is 11.3 Å². The summed E-state index contributed by atoms with van der Waals surface area (Å²) in [7, 11) is 0. The quantitative estimate of drug-likeness (QED) is 0.843. The molecule has 15 heavy (non-hydrogen) atoms. The number of carbonyl (C=O) groups is 1. The largest absolute Gasteiger partial charge is 0.341 e. The second-order valence-electron chi connectivity index (χ2n) is 3.91. The van der Waals surface area contributed by atoms with Crippen molar-refractivity contribution >= 4 is 17.2 Å². The van der Waals surface area contributed by atoms with Crippen molar-refractivity contribution in [1.82, 2.24) is 10.2 Å². The Labute approximate surface area is 94.1 Å². The minimum Gasteiger partial charge on any atom is -0.341 e. The van der Waals surface area contributed by atoms with Crippen LogP contribution in [0.1, 0.15) is 18.2 Å². The zero-order valence-electron chi connectivity index (χ0n) is 8.90. The van der Waals surface area contributed by atoms with Crippen LogP contribution in [0, 0.1) is 0 Å². The van der Waals surface area contributed by atoms with Crippen LogP contribution in [0.15, 0.2) is 17.5 Å². The number of rotatable bonds is 3. The molecule has 1 atom stereocenters. The van der Waals surface area contributed by atoms with Crippen molar-refractivity contribution in [1.29, 1.82) is 0 Å². The number of thiophene rings is 1. The zero-order chi connectivity index (χ0) is 10.7. The van der Waals surface area contributed by atoms with Gasteiger partial charge in [0.2, 0.25) is 5.91 Å². The Morgan fingerprint density at radius 1 is 1.73 bits per heavy atom. The summed E-state index contributed by atoms with van der Waals surface area (Å²) < 4.78 is 0. The van der Waals surface area contributed by atoms with E-state index in [0.29, 0.717) is 6.04 Å². The summed E-state index contributed by atoms with van der Waals surface area (Å²) in [4.78, 5) is 14.4. The third-order valence-electron chi connectivity index (χ3n) is 2.78. The van der Waals surface area contributed by atoms with E-state index in [0.717, 1.165) is 26.1 Å². The molecule has 0 unspecified atom stereocenters. The number of nitrogens with one attached hydrogen (secondary N) is 1. The lowest BCUT2D eigenvalue weighted by atomic mass is 10.2. The van der Waals surface area contributed by atoms with Gasteiger partial charge in [-0.2, -0.15) is 0 Å². The molecule has 1 N–H and O–H groups in total. The van der Waals surface area contributed by atoms with Crippen LogP contribution in [-0.4, -0.2) is 29.9 Å². The van der Waals surface area contributed by atoms with Crippen molar-refractivity contribution in [3.63, 3.8) is 0 Å². The first-order valence-electron chi connectivity index (χ1n) is 5.27. The van der Waals surface area contributed by atoms with Crippen LogP contribution in [0.3, 0.4) is 0 Å². The van der Waals surface area contributed by atoms with Crippen LogP contribution in [0.25, 0.3) is 0 Å². The monoisotopic (exact) mass is 224 g/mol. The molecule has 82 valence electrons. The van der Waals surface area contributed by atoms with Gasteiger partial charge in [-0.3, -0.25) is 4.79 Å². The van der Waals surface area contributed by atoms with E-state index < -0.39 is 0 Å². The molecule has 1 aliphatic heterocycles. The van der Waals surface area contributed by atoms with Crippen molar-refractivity contribution in [3.8, 4) is 0 Å². The summed E-state index contributed by atoms with van der Waals surface area (Å²) >= 11 is 1.77.